The number of hydrogen-bond donors (Lipinski definition) is 2. The Labute approximate surface area is 220 Å². The number of aromatic amines is 2. The Balaban J connectivity index is 1.58. The first-order chi connectivity index (χ1) is 18.3. The molecule has 2 N–H and O–H groups in total. The molecule has 7 rings (SSSR count). The number of aromatic nitrogens is 8. The van der Waals surface area contributed by atoms with Crippen molar-refractivity contribution in [2.45, 2.75) is 38.5 Å². The summed E-state index contributed by atoms with van der Waals surface area (Å²) in [4.78, 5) is 26.9. The summed E-state index contributed by atoms with van der Waals surface area (Å²) in [6.45, 7) is 8.62. The summed E-state index contributed by atoms with van der Waals surface area (Å²) in [5, 5.41) is 0. The van der Waals surface area contributed by atoms with E-state index in [0.717, 1.165) is 45.8 Å². The number of imidazole rings is 4. The van der Waals surface area contributed by atoms with Crippen molar-refractivity contribution >= 4 is 0 Å². The molecule has 2 aromatic carbocycles. The van der Waals surface area contributed by atoms with Gasteiger partial charge in [0.05, 0.1) is 22.2 Å². The zero-order valence-corrected chi connectivity index (χ0v) is 21.8. The van der Waals surface area contributed by atoms with Gasteiger partial charge in [-0.2, -0.15) is 0 Å². The zero-order chi connectivity index (χ0) is 26.1. The van der Waals surface area contributed by atoms with Crippen LogP contribution in [-0.2, 0) is 10.8 Å². The lowest BCUT2D eigenvalue weighted by molar-refractivity contribution is 0.600. The third-order valence-electron chi connectivity index (χ3n) is 7.68. The van der Waals surface area contributed by atoms with Crippen molar-refractivity contribution in [2.75, 3.05) is 0 Å². The Morgan fingerprint density at radius 1 is 0.579 bits per heavy atom. The van der Waals surface area contributed by atoms with Crippen LogP contribution in [-0.4, -0.2) is 39.0 Å². The average Bonchev–Trinajstić information content (AvgIpc) is 3.73. The van der Waals surface area contributed by atoms with Crippen LogP contribution in [0.15, 0.2) is 85.5 Å². The fraction of sp³-hybridized carbons (Fsp3) is 0.200. The highest BCUT2D eigenvalue weighted by Gasteiger charge is 2.35. The van der Waals surface area contributed by atoms with Crippen LogP contribution in [0.25, 0.3) is 34.7 Å². The summed E-state index contributed by atoms with van der Waals surface area (Å²) < 4.78 is 4.28. The van der Waals surface area contributed by atoms with Gasteiger partial charge in [0.25, 0.3) is 0 Å². The largest absolute Gasteiger partial charge is 0.338 e. The van der Waals surface area contributed by atoms with Crippen LogP contribution in [0.3, 0.4) is 0 Å². The maximum absolute atomic E-state index is 5.26. The van der Waals surface area contributed by atoms with Gasteiger partial charge in [0.1, 0.15) is 0 Å². The van der Waals surface area contributed by atoms with E-state index in [-0.39, 0.29) is 0 Å². The van der Waals surface area contributed by atoms with Gasteiger partial charge >= 0.3 is 0 Å². The molecule has 0 spiro atoms. The number of para-hydroxylation sites is 2. The number of fused-ring (bicyclic) bond motifs is 10. The minimum absolute atomic E-state index is 0.453. The van der Waals surface area contributed by atoms with E-state index in [1.54, 1.807) is 0 Å². The van der Waals surface area contributed by atoms with Crippen LogP contribution >= 0.6 is 0 Å². The second kappa shape index (κ2) is 7.89. The van der Waals surface area contributed by atoms with E-state index in [1.165, 1.54) is 0 Å². The number of nitrogens with zero attached hydrogens (tertiary/aromatic N) is 6. The Morgan fingerprint density at radius 2 is 0.974 bits per heavy atom. The van der Waals surface area contributed by atoms with Crippen molar-refractivity contribution in [1.82, 2.24) is 39.0 Å². The lowest BCUT2D eigenvalue weighted by Crippen LogP contribution is -2.20. The first kappa shape index (κ1) is 22.5. The third-order valence-corrected chi connectivity index (χ3v) is 7.68. The van der Waals surface area contributed by atoms with Crippen molar-refractivity contribution in [1.29, 1.82) is 0 Å². The molecule has 8 nitrogen and oxygen atoms in total. The van der Waals surface area contributed by atoms with E-state index in [1.807, 2.05) is 48.8 Å². The van der Waals surface area contributed by atoms with Gasteiger partial charge in [-0.3, -0.25) is 9.13 Å². The van der Waals surface area contributed by atoms with Crippen LogP contribution in [0.1, 0.15) is 50.5 Å². The van der Waals surface area contributed by atoms with Gasteiger partial charge in [0, 0.05) is 47.6 Å². The summed E-state index contributed by atoms with van der Waals surface area (Å²) in [6.07, 6.45) is 7.99. The molecule has 1 aliphatic rings. The molecular weight excluding hydrogens is 472 g/mol. The maximum atomic E-state index is 5.26. The molecule has 6 aromatic rings. The van der Waals surface area contributed by atoms with Gasteiger partial charge in [-0.1, -0.05) is 36.4 Å². The molecule has 0 atom stereocenters. The highest BCUT2D eigenvalue weighted by molar-refractivity contribution is 5.58. The summed E-state index contributed by atoms with van der Waals surface area (Å²) in [7, 11) is 0. The van der Waals surface area contributed by atoms with E-state index in [9.17, 15) is 0 Å². The second-order valence-corrected chi connectivity index (χ2v) is 10.9. The monoisotopic (exact) mass is 500 g/mol. The van der Waals surface area contributed by atoms with Crippen LogP contribution in [0.4, 0.5) is 0 Å². The van der Waals surface area contributed by atoms with E-state index < -0.39 is 10.8 Å². The molecular formula is C30H28N8. The molecule has 8 bridgehead atoms. The highest BCUT2D eigenvalue weighted by atomic mass is 15.2. The predicted molar refractivity (Wildman–Crippen MR) is 147 cm³/mol. The lowest BCUT2D eigenvalue weighted by atomic mass is 9.86. The molecule has 1 aliphatic heterocycles. The van der Waals surface area contributed by atoms with Crippen molar-refractivity contribution in [3.05, 3.63) is 108 Å². The van der Waals surface area contributed by atoms with Gasteiger partial charge in [-0.25, -0.2) is 19.9 Å². The summed E-state index contributed by atoms with van der Waals surface area (Å²) in [6, 6.07) is 20.6. The molecule has 0 amide bonds. The Kier molecular flexibility index (Phi) is 4.67. The van der Waals surface area contributed by atoms with Gasteiger partial charge in [-0.05, 0) is 52.0 Å². The first-order valence-corrected chi connectivity index (χ1v) is 12.7. The molecule has 0 unspecified atom stereocenters. The van der Waals surface area contributed by atoms with Crippen LogP contribution in [0, 0.1) is 0 Å². The van der Waals surface area contributed by atoms with Crippen molar-refractivity contribution in [3.63, 3.8) is 0 Å². The molecule has 4 aromatic heterocycles. The zero-order valence-electron chi connectivity index (χ0n) is 21.8. The molecule has 38 heavy (non-hydrogen) atoms. The lowest BCUT2D eigenvalue weighted by Gasteiger charge is -2.21. The smallest absolute Gasteiger partial charge is 0.181 e. The van der Waals surface area contributed by atoms with Gasteiger partial charge < -0.3 is 9.97 Å². The SMILES string of the molecule is CC1(C)c2cn(-c3ccccc3)c(n2)-c2nc(cn2-c2ccccc2)C(C)(C)c2cnc([nH]2)-c2ncc1[nH]2. The molecule has 0 saturated heterocycles. The number of hydrogen-bond acceptors (Lipinski definition) is 4. The predicted octanol–water partition coefficient (Wildman–Crippen LogP) is 5.80. The first-order valence-electron chi connectivity index (χ1n) is 12.7. The van der Waals surface area contributed by atoms with E-state index in [4.69, 9.17) is 9.97 Å². The molecule has 8 heteroatoms. The van der Waals surface area contributed by atoms with Crippen LogP contribution in [0.5, 0.6) is 0 Å². The molecule has 188 valence electrons. The van der Waals surface area contributed by atoms with Crippen LogP contribution < -0.4 is 0 Å². The number of rotatable bonds is 2. The molecule has 0 radical (unpaired) electrons. The van der Waals surface area contributed by atoms with E-state index in [0.29, 0.717) is 11.6 Å². The number of H-pyrrole nitrogens is 2. The maximum Gasteiger partial charge on any atom is 0.181 e. The minimum Gasteiger partial charge on any atom is -0.338 e. The summed E-state index contributed by atoms with van der Waals surface area (Å²) in [5.41, 5.74) is 4.87. The normalized spacial score (nSPS) is 15.3. The quantitative estimate of drug-likeness (QED) is 0.314. The average molecular weight is 501 g/mol. The van der Waals surface area contributed by atoms with Crippen molar-refractivity contribution in [2.24, 2.45) is 0 Å². The van der Waals surface area contributed by atoms with E-state index >= 15 is 0 Å². The minimum atomic E-state index is -0.453. The van der Waals surface area contributed by atoms with Crippen molar-refractivity contribution in [3.8, 4) is 34.7 Å². The van der Waals surface area contributed by atoms with Gasteiger partial charge in [0.2, 0.25) is 0 Å². The number of benzene rings is 2. The summed E-state index contributed by atoms with van der Waals surface area (Å²) >= 11 is 0. The van der Waals surface area contributed by atoms with Crippen molar-refractivity contribution < 1.29 is 0 Å². The Morgan fingerprint density at radius 3 is 1.37 bits per heavy atom. The Bertz CT molecular complexity index is 1630. The fourth-order valence-electron chi connectivity index (χ4n) is 5.04. The van der Waals surface area contributed by atoms with Crippen LogP contribution in [0.2, 0.25) is 0 Å². The van der Waals surface area contributed by atoms with E-state index in [2.05, 4.69) is 93.4 Å². The molecule has 0 saturated carbocycles. The standard InChI is InChI=1S/C30H28N8/c1-29(2)21-15-31-25(33-21)26-32-16-22(34-26)30(3,4)24-18-38(20-13-9-6-10-14-20)28(36-24)27-35-23(29)17-37(27)19-11-7-5-8-12-19/h5-18H,1-4H3,(H,31,33)(H,32,34). The second-order valence-electron chi connectivity index (χ2n) is 10.9. The Hall–Kier alpha value is -4.72. The highest BCUT2D eigenvalue weighted by Crippen LogP contribution is 2.38. The van der Waals surface area contributed by atoms with Gasteiger partial charge in [0.15, 0.2) is 23.3 Å². The third kappa shape index (κ3) is 3.30. The van der Waals surface area contributed by atoms with Gasteiger partial charge in [-0.15, -0.1) is 0 Å². The summed E-state index contributed by atoms with van der Waals surface area (Å²) in [5.74, 6) is 2.94. The molecule has 0 aliphatic carbocycles. The fourth-order valence-corrected chi connectivity index (χ4v) is 5.04. The molecule has 5 heterocycles. The molecule has 0 fully saturated rings. The number of nitrogens with one attached hydrogen (secondary N) is 2. The topological polar surface area (TPSA) is 93.0 Å².